The monoisotopic (exact) mass is 441 g/mol. The van der Waals surface area contributed by atoms with E-state index in [4.69, 9.17) is 4.42 Å². The molecule has 0 saturated carbocycles. The molecule has 0 aliphatic rings. The number of rotatable bonds is 13. The molecule has 6 heteroatoms. The van der Waals surface area contributed by atoms with Gasteiger partial charge in [-0.15, -0.1) is 0 Å². The van der Waals surface area contributed by atoms with Gasteiger partial charge in [-0.2, -0.15) is 0 Å². The van der Waals surface area contributed by atoms with Crippen LogP contribution in [0.1, 0.15) is 92.6 Å². The van der Waals surface area contributed by atoms with Crippen LogP contribution >= 0.6 is 0 Å². The molecule has 0 spiro atoms. The van der Waals surface area contributed by atoms with Crippen molar-refractivity contribution < 1.29 is 14.0 Å². The summed E-state index contributed by atoms with van der Waals surface area (Å²) in [6.07, 6.45) is 7.32. The van der Waals surface area contributed by atoms with Crippen molar-refractivity contribution in [2.24, 2.45) is 11.8 Å². The quantitative estimate of drug-likeness (QED) is 0.418. The Labute approximate surface area is 192 Å². The molecule has 176 valence electrons. The molecule has 2 amide bonds. The summed E-state index contributed by atoms with van der Waals surface area (Å²) in [5.41, 5.74) is 2.16. The Balaban J connectivity index is 2.03. The van der Waals surface area contributed by atoms with E-state index in [1.54, 1.807) is 4.90 Å². The van der Waals surface area contributed by atoms with Crippen molar-refractivity contribution >= 4 is 11.8 Å². The van der Waals surface area contributed by atoms with Crippen LogP contribution in [-0.2, 0) is 13.0 Å². The zero-order valence-corrected chi connectivity index (χ0v) is 20.3. The number of benzene rings is 1. The van der Waals surface area contributed by atoms with Crippen LogP contribution in [0.15, 0.2) is 34.9 Å². The second-order valence-electron chi connectivity index (χ2n) is 9.32. The molecule has 1 aromatic heterocycles. The van der Waals surface area contributed by atoms with Crippen LogP contribution in [0.3, 0.4) is 0 Å². The van der Waals surface area contributed by atoms with Gasteiger partial charge in [-0.25, -0.2) is 4.98 Å². The number of hydrogen-bond donors (Lipinski definition) is 1. The number of carbonyl (C=O) groups excluding carboxylic acids is 2. The van der Waals surface area contributed by atoms with Crippen molar-refractivity contribution in [2.45, 2.75) is 73.3 Å². The maximum absolute atomic E-state index is 13.2. The highest BCUT2D eigenvalue weighted by atomic mass is 16.3. The van der Waals surface area contributed by atoms with Gasteiger partial charge in [0.05, 0.1) is 6.54 Å². The van der Waals surface area contributed by atoms with E-state index in [0.29, 0.717) is 36.4 Å². The molecular formula is C26H39N3O3. The number of amides is 2. The number of unbranched alkanes of at least 4 members (excludes halogenated alkanes) is 3. The number of oxazole rings is 1. The van der Waals surface area contributed by atoms with Crippen LogP contribution in [0.2, 0.25) is 0 Å². The Hall–Kier alpha value is -2.63. The molecule has 0 fully saturated rings. The molecule has 0 unspecified atom stereocenters. The third kappa shape index (κ3) is 8.48. The lowest BCUT2D eigenvalue weighted by atomic mass is 10.0. The summed E-state index contributed by atoms with van der Waals surface area (Å²) in [6, 6.07) is 7.92. The first-order valence-corrected chi connectivity index (χ1v) is 11.9. The Kier molecular flexibility index (Phi) is 10.4. The van der Waals surface area contributed by atoms with E-state index in [1.807, 2.05) is 26.0 Å². The zero-order chi connectivity index (χ0) is 23.5. The molecule has 1 N–H and O–H groups in total. The van der Waals surface area contributed by atoms with Gasteiger partial charge < -0.3 is 14.6 Å². The molecule has 0 saturated heterocycles. The molecule has 1 heterocycles. The predicted octanol–water partition coefficient (Wildman–Crippen LogP) is 5.48. The lowest BCUT2D eigenvalue weighted by Crippen LogP contribution is -2.34. The maximum Gasteiger partial charge on any atom is 0.273 e. The fourth-order valence-corrected chi connectivity index (χ4v) is 3.45. The lowest BCUT2D eigenvalue weighted by molar-refractivity contribution is 0.0706. The van der Waals surface area contributed by atoms with Gasteiger partial charge in [-0.3, -0.25) is 9.59 Å². The molecule has 0 aliphatic carbocycles. The highest BCUT2D eigenvalue weighted by Crippen LogP contribution is 2.15. The summed E-state index contributed by atoms with van der Waals surface area (Å²) >= 11 is 0. The van der Waals surface area contributed by atoms with E-state index in [0.717, 1.165) is 6.42 Å². The third-order valence-corrected chi connectivity index (χ3v) is 5.17. The van der Waals surface area contributed by atoms with E-state index in [1.165, 1.54) is 37.5 Å². The van der Waals surface area contributed by atoms with Crippen molar-refractivity contribution in [3.05, 3.63) is 53.2 Å². The van der Waals surface area contributed by atoms with Crippen LogP contribution in [0, 0.1) is 11.8 Å². The number of hydrogen-bond acceptors (Lipinski definition) is 4. The zero-order valence-electron chi connectivity index (χ0n) is 20.3. The van der Waals surface area contributed by atoms with Crippen LogP contribution in [0.4, 0.5) is 0 Å². The largest absolute Gasteiger partial charge is 0.446 e. The fourth-order valence-electron chi connectivity index (χ4n) is 3.45. The van der Waals surface area contributed by atoms with Crippen LogP contribution in [0.5, 0.6) is 0 Å². The van der Waals surface area contributed by atoms with Crippen molar-refractivity contribution in [3.8, 4) is 0 Å². The standard InChI is InChI=1S/C26H39N3O3/c1-6-7-8-9-10-21-11-13-22(14-12-21)26(31)29(16-20(4)5)17-24-28-23(18-32-24)25(30)27-15-19(2)3/h11-14,18-20H,6-10,15-17H2,1-5H3,(H,27,30). The Morgan fingerprint density at radius 3 is 2.38 bits per heavy atom. The summed E-state index contributed by atoms with van der Waals surface area (Å²) in [5, 5.41) is 2.83. The molecule has 32 heavy (non-hydrogen) atoms. The fraction of sp³-hybridized carbons (Fsp3) is 0.577. The van der Waals surface area contributed by atoms with Crippen molar-refractivity contribution in [1.82, 2.24) is 15.2 Å². The minimum atomic E-state index is -0.259. The summed E-state index contributed by atoms with van der Waals surface area (Å²) in [7, 11) is 0. The molecular weight excluding hydrogens is 402 g/mol. The third-order valence-electron chi connectivity index (χ3n) is 5.17. The van der Waals surface area contributed by atoms with E-state index in [-0.39, 0.29) is 24.1 Å². The number of aryl methyl sites for hydroxylation is 1. The van der Waals surface area contributed by atoms with Gasteiger partial charge in [0.15, 0.2) is 5.69 Å². The lowest BCUT2D eigenvalue weighted by Gasteiger charge is -2.23. The average molecular weight is 442 g/mol. The van der Waals surface area contributed by atoms with Gasteiger partial charge in [0.25, 0.3) is 11.8 Å². The van der Waals surface area contributed by atoms with Crippen molar-refractivity contribution in [1.29, 1.82) is 0 Å². The second-order valence-corrected chi connectivity index (χ2v) is 9.32. The Bertz CT molecular complexity index is 840. The molecule has 0 bridgehead atoms. The van der Waals surface area contributed by atoms with E-state index < -0.39 is 0 Å². The van der Waals surface area contributed by atoms with Crippen LogP contribution in [-0.4, -0.2) is 34.8 Å². The number of aromatic nitrogens is 1. The highest BCUT2D eigenvalue weighted by Gasteiger charge is 2.21. The number of carbonyl (C=O) groups is 2. The number of nitrogens with one attached hydrogen (secondary N) is 1. The normalized spacial score (nSPS) is 11.2. The summed E-state index contributed by atoms with van der Waals surface area (Å²) in [6.45, 7) is 11.8. The SMILES string of the molecule is CCCCCCc1ccc(C(=O)N(Cc2nc(C(=O)NCC(C)C)co2)CC(C)C)cc1. The van der Waals surface area contributed by atoms with Gasteiger partial charge >= 0.3 is 0 Å². The minimum Gasteiger partial charge on any atom is -0.446 e. The first kappa shape index (κ1) is 25.6. The summed E-state index contributed by atoms with van der Waals surface area (Å²) in [5.74, 6) is 0.694. The maximum atomic E-state index is 13.2. The molecule has 0 aliphatic heterocycles. The molecule has 0 radical (unpaired) electrons. The smallest absolute Gasteiger partial charge is 0.273 e. The number of nitrogens with zero attached hydrogens (tertiary/aromatic N) is 2. The second kappa shape index (κ2) is 13.0. The van der Waals surface area contributed by atoms with Gasteiger partial charge in [0.1, 0.15) is 6.26 Å². The molecule has 1 aromatic carbocycles. The van der Waals surface area contributed by atoms with Crippen LogP contribution < -0.4 is 5.32 Å². The molecule has 6 nitrogen and oxygen atoms in total. The Morgan fingerprint density at radius 1 is 1.03 bits per heavy atom. The molecule has 2 rings (SSSR count). The van der Waals surface area contributed by atoms with Crippen molar-refractivity contribution in [2.75, 3.05) is 13.1 Å². The van der Waals surface area contributed by atoms with Gasteiger partial charge in [0.2, 0.25) is 5.89 Å². The van der Waals surface area contributed by atoms with Crippen molar-refractivity contribution in [3.63, 3.8) is 0 Å². The van der Waals surface area contributed by atoms with Crippen LogP contribution in [0.25, 0.3) is 0 Å². The first-order chi connectivity index (χ1) is 15.3. The highest BCUT2D eigenvalue weighted by molar-refractivity contribution is 5.94. The molecule has 2 aromatic rings. The predicted molar refractivity (Wildman–Crippen MR) is 128 cm³/mol. The van der Waals surface area contributed by atoms with E-state index in [9.17, 15) is 9.59 Å². The molecule has 0 atom stereocenters. The minimum absolute atomic E-state index is 0.0553. The van der Waals surface area contributed by atoms with Gasteiger partial charge in [-0.1, -0.05) is 66.0 Å². The average Bonchev–Trinajstić information content (AvgIpc) is 3.23. The first-order valence-electron chi connectivity index (χ1n) is 11.9. The van der Waals surface area contributed by atoms with Gasteiger partial charge in [0, 0.05) is 18.7 Å². The van der Waals surface area contributed by atoms with E-state index >= 15 is 0 Å². The van der Waals surface area contributed by atoms with Gasteiger partial charge in [-0.05, 0) is 42.4 Å². The summed E-state index contributed by atoms with van der Waals surface area (Å²) < 4.78 is 5.51. The Morgan fingerprint density at radius 2 is 1.75 bits per heavy atom. The topological polar surface area (TPSA) is 75.4 Å². The summed E-state index contributed by atoms with van der Waals surface area (Å²) in [4.78, 5) is 31.4. The van der Waals surface area contributed by atoms with E-state index in [2.05, 4.69) is 43.2 Å².